The van der Waals surface area contributed by atoms with Gasteiger partial charge in [0.2, 0.25) is 0 Å². The average molecular weight is 329 g/mol. The van der Waals surface area contributed by atoms with E-state index in [0.29, 0.717) is 5.13 Å². The van der Waals surface area contributed by atoms with Crippen LogP contribution in [0.15, 0.2) is 6.20 Å². The van der Waals surface area contributed by atoms with Gasteiger partial charge in [0.1, 0.15) is 0 Å². The van der Waals surface area contributed by atoms with Gasteiger partial charge in [-0.3, -0.25) is 9.80 Å². The predicted molar refractivity (Wildman–Crippen MR) is 89.9 cm³/mol. The molecule has 2 aliphatic carbocycles. The smallest absolute Gasteiger partial charge is 0.180 e. The summed E-state index contributed by atoms with van der Waals surface area (Å²) in [5.41, 5.74) is 5.70. The van der Waals surface area contributed by atoms with E-state index in [2.05, 4.69) is 14.8 Å². The molecule has 3 fully saturated rings. The molecule has 3 unspecified atom stereocenters. The molecule has 3 aliphatic rings. The van der Waals surface area contributed by atoms with Crippen molar-refractivity contribution >= 4 is 28.9 Å². The van der Waals surface area contributed by atoms with Crippen molar-refractivity contribution in [1.82, 2.24) is 14.8 Å². The van der Waals surface area contributed by atoms with E-state index in [1.54, 1.807) is 11.3 Å². The van der Waals surface area contributed by atoms with Crippen LogP contribution in [0.4, 0.5) is 5.13 Å². The molecule has 4 nitrogen and oxygen atoms in total. The average Bonchev–Trinajstić information content (AvgIpc) is 3.16. The highest BCUT2D eigenvalue weighted by Gasteiger charge is 2.42. The first-order chi connectivity index (χ1) is 9.78. The summed E-state index contributed by atoms with van der Waals surface area (Å²) < 4.78 is 0. The molecule has 0 spiro atoms. The molecule has 4 rings (SSSR count). The fourth-order valence-corrected chi connectivity index (χ4v) is 5.25. The van der Waals surface area contributed by atoms with Gasteiger partial charge in [0.25, 0.3) is 0 Å². The monoisotopic (exact) mass is 328 g/mol. The molecular weight excluding hydrogens is 304 g/mol. The summed E-state index contributed by atoms with van der Waals surface area (Å²) >= 11 is 1.63. The van der Waals surface area contributed by atoms with Gasteiger partial charge in [-0.05, 0) is 31.1 Å². The summed E-state index contributed by atoms with van der Waals surface area (Å²) in [5, 5.41) is 0.695. The molecule has 1 saturated heterocycles. The number of thiazole rings is 1. The van der Waals surface area contributed by atoms with E-state index in [-0.39, 0.29) is 12.4 Å². The normalized spacial score (nSPS) is 33.2. The molecule has 2 N–H and O–H groups in total. The zero-order chi connectivity index (χ0) is 13.5. The predicted octanol–water partition coefficient (Wildman–Crippen LogP) is 2.45. The molecular formula is C15H25ClN4S. The Morgan fingerprint density at radius 3 is 2.57 bits per heavy atom. The number of piperazine rings is 1. The summed E-state index contributed by atoms with van der Waals surface area (Å²) in [7, 11) is 0. The Bertz CT molecular complexity index is 472. The summed E-state index contributed by atoms with van der Waals surface area (Å²) in [6.45, 7) is 5.93. The Hall–Kier alpha value is -0.360. The van der Waals surface area contributed by atoms with E-state index >= 15 is 0 Å². The van der Waals surface area contributed by atoms with E-state index < -0.39 is 0 Å². The lowest BCUT2D eigenvalue weighted by molar-refractivity contribution is 0.0684. The van der Waals surface area contributed by atoms with Crippen LogP contribution in [0.1, 0.15) is 30.6 Å². The summed E-state index contributed by atoms with van der Waals surface area (Å²) in [4.78, 5) is 10.8. The molecule has 0 aromatic carbocycles. The highest BCUT2D eigenvalue weighted by Crippen LogP contribution is 2.46. The number of fused-ring (bicyclic) bond motifs is 2. The lowest BCUT2D eigenvalue weighted by Gasteiger charge is -2.40. The molecule has 21 heavy (non-hydrogen) atoms. The van der Waals surface area contributed by atoms with E-state index in [4.69, 9.17) is 5.73 Å². The van der Waals surface area contributed by atoms with Crippen LogP contribution in [-0.2, 0) is 6.54 Å². The van der Waals surface area contributed by atoms with Crippen LogP contribution in [0.5, 0.6) is 0 Å². The Labute approximate surface area is 137 Å². The second-order valence-electron chi connectivity index (χ2n) is 6.72. The molecule has 6 heteroatoms. The second kappa shape index (κ2) is 6.41. The van der Waals surface area contributed by atoms with Crippen LogP contribution in [-0.4, -0.2) is 47.0 Å². The molecule has 1 aromatic rings. The number of aromatic nitrogens is 1. The van der Waals surface area contributed by atoms with E-state index in [1.807, 2.05) is 6.20 Å². The molecule has 0 radical (unpaired) electrons. The fraction of sp³-hybridized carbons (Fsp3) is 0.800. The summed E-state index contributed by atoms with van der Waals surface area (Å²) in [6, 6.07) is 0.912. The largest absolute Gasteiger partial charge is 0.375 e. The number of nitrogens with two attached hydrogens (primary N) is 1. The molecule has 1 aromatic heterocycles. The number of hydrogen-bond donors (Lipinski definition) is 1. The third-order valence-electron chi connectivity index (χ3n) is 5.53. The van der Waals surface area contributed by atoms with Crippen molar-refractivity contribution in [2.75, 3.05) is 31.9 Å². The lowest BCUT2D eigenvalue weighted by atomic mass is 9.93. The maximum absolute atomic E-state index is 5.70. The van der Waals surface area contributed by atoms with Crippen LogP contribution in [0, 0.1) is 11.8 Å². The van der Waals surface area contributed by atoms with Gasteiger partial charge >= 0.3 is 0 Å². The number of hydrogen-bond acceptors (Lipinski definition) is 5. The van der Waals surface area contributed by atoms with Crippen molar-refractivity contribution in [1.29, 1.82) is 0 Å². The minimum atomic E-state index is 0. The number of nitrogens with zero attached hydrogens (tertiary/aromatic N) is 3. The van der Waals surface area contributed by atoms with Crippen LogP contribution < -0.4 is 5.73 Å². The zero-order valence-corrected chi connectivity index (χ0v) is 14.0. The maximum Gasteiger partial charge on any atom is 0.180 e. The zero-order valence-electron chi connectivity index (χ0n) is 12.4. The maximum atomic E-state index is 5.70. The SMILES string of the molecule is Cl.Nc1ncc(CN2CCN(C3CC4CCC3C4)CC2)s1. The van der Waals surface area contributed by atoms with E-state index in [0.717, 1.165) is 24.4 Å². The third-order valence-corrected chi connectivity index (χ3v) is 6.34. The molecule has 2 bridgehead atoms. The molecule has 0 amide bonds. The van der Waals surface area contributed by atoms with Gasteiger partial charge in [-0.1, -0.05) is 6.42 Å². The number of halogens is 1. The Kier molecular flexibility index (Phi) is 4.74. The van der Waals surface area contributed by atoms with Crippen LogP contribution in [0.2, 0.25) is 0 Å². The van der Waals surface area contributed by atoms with Gasteiger partial charge in [0.15, 0.2) is 5.13 Å². The van der Waals surface area contributed by atoms with Crippen molar-refractivity contribution < 1.29 is 0 Å². The Balaban J connectivity index is 0.00000132. The fourth-order valence-electron chi connectivity index (χ4n) is 4.53. The summed E-state index contributed by atoms with van der Waals surface area (Å²) in [5.74, 6) is 2.08. The number of rotatable bonds is 3. The Morgan fingerprint density at radius 1 is 1.19 bits per heavy atom. The van der Waals surface area contributed by atoms with E-state index in [9.17, 15) is 0 Å². The van der Waals surface area contributed by atoms with Crippen molar-refractivity contribution in [2.45, 2.75) is 38.3 Å². The first kappa shape index (κ1) is 15.5. The van der Waals surface area contributed by atoms with Crippen LogP contribution in [0.3, 0.4) is 0 Å². The third kappa shape index (κ3) is 3.21. The first-order valence-electron chi connectivity index (χ1n) is 7.94. The Morgan fingerprint density at radius 2 is 2.00 bits per heavy atom. The van der Waals surface area contributed by atoms with Crippen LogP contribution >= 0.6 is 23.7 Å². The van der Waals surface area contributed by atoms with Crippen LogP contribution in [0.25, 0.3) is 0 Å². The number of anilines is 1. The highest BCUT2D eigenvalue weighted by atomic mass is 35.5. The molecule has 118 valence electrons. The minimum absolute atomic E-state index is 0. The highest BCUT2D eigenvalue weighted by molar-refractivity contribution is 7.15. The summed E-state index contributed by atoms with van der Waals surface area (Å²) in [6.07, 6.45) is 7.94. The topological polar surface area (TPSA) is 45.4 Å². The van der Waals surface area contributed by atoms with Gasteiger partial charge < -0.3 is 5.73 Å². The quantitative estimate of drug-likeness (QED) is 0.925. The van der Waals surface area contributed by atoms with Gasteiger partial charge in [-0.15, -0.1) is 23.7 Å². The lowest BCUT2D eigenvalue weighted by Crippen LogP contribution is -2.51. The van der Waals surface area contributed by atoms with Gasteiger partial charge in [-0.2, -0.15) is 0 Å². The van der Waals surface area contributed by atoms with E-state index in [1.165, 1.54) is 56.7 Å². The molecule has 3 atom stereocenters. The van der Waals surface area contributed by atoms with Gasteiger partial charge in [-0.25, -0.2) is 4.98 Å². The van der Waals surface area contributed by atoms with Crippen molar-refractivity contribution in [3.63, 3.8) is 0 Å². The van der Waals surface area contributed by atoms with Crippen molar-refractivity contribution in [3.05, 3.63) is 11.1 Å². The molecule has 2 saturated carbocycles. The van der Waals surface area contributed by atoms with Gasteiger partial charge in [0, 0.05) is 49.8 Å². The standard InChI is InChI=1S/C15H24N4S.ClH/c16-15-17-9-13(20-15)10-18-3-5-19(6-4-18)14-8-11-1-2-12(14)7-11;/h9,11-12,14H,1-8,10H2,(H2,16,17);1H. The second-order valence-corrected chi connectivity index (χ2v) is 7.87. The van der Waals surface area contributed by atoms with Crippen molar-refractivity contribution in [2.24, 2.45) is 11.8 Å². The molecule has 2 heterocycles. The minimum Gasteiger partial charge on any atom is -0.375 e. The first-order valence-corrected chi connectivity index (χ1v) is 8.76. The number of nitrogen functional groups attached to an aromatic ring is 1. The van der Waals surface area contributed by atoms with Crippen molar-refractivity contribution in [3.8, 4) is 0 Å². The van der Waals surface area contributed by atoms with Gasteiger partial charge in [0.05, 0.1) is 0 Å². The molecule has 1 aliphatic heterocycles.